The first kappa shape index (κ1) is 16.7. The molecule has 6 nitrogen and oxygen atoms in total. The van der Waals surface area contributed by atoms with Crippen molar-refractivity contribution in [1.29, 1.82) is 5.41 Å². The highest BCUT2D eigenvalue weighted by molar-refractivity contribution is 6.05. The van der Waals surface area contributed by atoms with Gasteiger partial charge in [0.2, 0.25) is 6.41 Å². The fourth-order valence-corrected chi connectivity index (χ4v) is 1.83. The van der Waals surface area contributed by atoms with Gasteiger partial charge in [0, 0.05) is 17.8 Å². The van der Waals surface area contributed by atoms with Gasteiger partial charge in [0.15, 0.2) is 0 Å². The zero-order valence-electron chi connectivity index (χ0n) is 12.4. The van der Waals surface area contributed by atoms with E-state index in [1.165, 1.54) is 0 Å². The third-order valence-electron chi connectivity index (χ3n) is 2.81. The number of hydrogen-bond acceptors (Lipinski definition) is 5. The molecule has 0 spiro atoms. The van der Waals surface area contributed by atoms with Gasteiger partial charge >= 0.3 is 5.97 Å². The van der Waals surface area contributed by atoms with Gasteiger partial charge in [0.1, 0.15) is 0 Å². The molecule has 1 amide bonds. The summed E-state index contributed by atoms with van der Waals surface area (Å²) in [6.45, 7) is 4.68. The minimum absolute atomic E-state index is 0.166. The number of anilines is 1. The number of hydrogen-bond donors (Lipinski definition) is 3. The highest BCUT2D eigenvalue weighted by Gasteiger charge is 2.09. The van der Waals surface area contributed by atoms with Gasteiger partial charge in [0.25, 0.3) is 0 Å². The first-order chi connectivity index (χ1) is 10.1. The van der Waals surface area contributed by atoms with Crippen LogP contribution < -0.4 is 10.6 Å². The Labute approximate surface area is 124 Å². The van der Waals surface area contributed by atoms with Crippen LogP contribution in [0.5, 0.6) is 0 Å². The molecule has 6 heteroatoms. The molecule has 3 N–H and O–H groups in total. The van der Waals surface area contributed by atoms with E-state index < -0.39 is 0 Å². The number of carbonyl (C=O) groups excluding carboxylic acids is 2. The van der Waals surface area contributed by atoms with Crippen LogP contribution >= 0.6 is 0 Å². The predicted octanol–water partition coefficient (Wildman–Crippen LogP) is 1.47. The molecular weight excluding hydrogens is 270 g/mol. The molecule has 1 rings (SSSR count). The molecule has 0 aromatic heterocycles. The van der Waals surface area contributed by atoms with Gasteiger partial charge in [0.05, 0.1) is 25.3 Å². The molecule has 114 valence electrons. The highest BCUT2D eigenvalue weighted by Crippen LogP contribution is 2.18. The summed E-state index contributed by atoms with van der Waals surface area (Å²) in [5.74, 6) is -0.253. The summed E-state index contributed by atoms with van der Waals surface area (Å²) in [7, 11) is 0. The average molecular weight is 291 g/mol. The molecule has 0 saturated carbocycles. The first-order valence-electron chi connectivity index (χ1n) is 6.83. The zero-order chi connectivity index (χ0) is 15.7. The Morgan fingerprint density at radius 3 is 2.86 bits per heavy atom. The van der Waals surface area contributed by atoms with Crippen molar-refractivity contribution in [2.24, 2.45) is 0 Å². The van der Waals surface area contributed by atoms with Gasteiger partial charge < -0.3 is 20.8 Å². The van der Waals surface area contributed by atoms with Gasteiger partial charge in [-0.05, 0) is 26.0 Å². The van der Waals surface area contributed by atoms with Gasteiger partial charge in [-0.2, -0.15) is 0 Å². The molecule has 21 heavy (non-hydrogen) atoms. The van der Waals surface area contributed by atoms with Crippen LogP contribution in [0.25, 0.3) is 0 Å². The predicted molar refractivity (Wildman–Crippen MR) is 81.8 cm³/mol. The molecule has 0 saturated heterocycles. The van der Waals surface area contributed by atoms with E-state index in [4.69, 9.17) is 10.1 Å². The second-order valence-electron chi connectivity index (χ2n) is 4.51. The molecule has 0 aliphatic rings. The second kappa shape index (κ2) is 8.73. The summed E-state index contributed by atoms with van der Waals surface area (Å²) in [6.07, 6.45) is 0.833. The van der Waals surface area contributed by atoms with Crippen LogP contribution in [0.15, 0.2) is 18.2 Å². The minimum atomic E-state index is -0.253. The summed E-state index contributed by atoms with van der Waals surface area (Å²) in [5, 5.41) is 13.6. The third-order valence-corrected chi connectivity index (χ3v) is 2.81. The van der Waals surface area contributed by atoms with Gasteiger partial charge in [-0.1, -0.05) is 11.6 Å². The topological polar surface area (TPSA) is 91.3 Å². The van der Waals surface area contributed by atoms with Crippen LogP contribution in [0, 0.1) is 12.3 Å². The van der Waals surface area contributed by atoms with E-state index in [1.807, 2.05) is 25.1 Å². The molecule has 0 atom stereocenters. The van der Waals surface area contributed by atoms with Crippen molar-refractivity contribution < 1.29 is 14.3 Å². The average Bonchev–Trinajstić information content (AvgIpc) is 2.46. The Balaban J connectivity index is 2.70. The monoisotopic (exact) mass is 291 g/mol. The Hall–Kier alpha value is -2.37. The van der Waals surface area contributed by atoms with Crippen molar-refractivity contribution in [3.63, 3.8) is 0 Å². The lowest BCUT2D eigenvalue weighted by Crippen LogP contribution is -2.22. The zero-order valence-corrected chi connectivity index (χ0v) is 12.4. The summed E-state index contributed by atoms with van der Waals surface area (Å²) in [5.41, 5.74) is 2.82. The molecule has 1 aromatic carbocycles. The number of ether oxygens (including phenoxy) is 1. The molecule has 0 aliphatic heterocycles. The lowest BCUT2D eigenvalue weighted by molar-refractivity contribution is -0.142. The Bertz CT molecular complexity index is 515. The first-order valence-corrected chi connectivity index (χ1v) is 6.83. The quantitative estimate of drug-likeness (QED) is 0.365. The van der Waals surface area contributed by atoms with Crippen LogP contribution in [0.4, 0.5) is 5.69 Å². The number of rotatable bonds is 9. The maximum atomic E-state index is 11.3. The van der Waals surface area contributed by atoms with Crippen molar-refractivity contribution in [2.75, 3.05) is 25.0 Å². The van der Waals surface area contributed by atoms with E-state index in [9.17, 15) is 9.59 Å². The van der Waals surface area contributed by atoms with Crippen LogP contribution in [0.2, 0.25) is 0 Å². The maximum absolute atomic E-state index is 11.3. The molecule has 0 heterocycles. The van der Waals surface area contributed by atoms with Crippen molar-refractivity contribution in [2.45, 2.75) is 20.3 Å². The van der Waals surface area contributed by atoms with Crippen molar-refractivity contribution in [1.82, 2.24) is 5.32 Å². The number of aryl methyl sites for hydroxylation is 1. The van der Waals surface area contributed by atoms with E-state index in [-0.39, 0.29) is 18.9 Å². The SMILES string of the molecule is CCOC(=O)CCNc1ccc(C)cc1C(=N)CNC=O. The molecule has 0 unspecified atom stereocenters. The lowest BCUT2D eigenvalue weighted by atomic mass is 10.0. The highest BCUT2D eigenvalue weighted by atomic mass is 16.5. The maximum Gasteiger partial charge on any atom is 0.307 e. The molecule has 1 aromatic rings. The van der Waals surface area contributed by atoms with Gasteiger partial charge in [-0.15, -0.1) is 0 Å². The minimum Gasteiger partial charge on any atom is -0.466 e. The van der Waals surface area contributed by atoms with E-state index in [0.717, 1.165) is 11.3 Å². The summed E-state index contributed by atoms with van der Waals surface area (Å²) in [4.78, 5) is 21.6. The fraction of sp³-hybridized carbons (Fsp3) is 0.400. The van der Waals surface area contributed by atoms with E-state index in [0.29, 0.717) is 30.8 Å². The number of amides is 1. The van der Waals surface area contributed by atoms with Crippen LogP contribution in [-0.2, 0) is 14.3 Å². The fourth-order valence-electron chi connectivity index (χ4n) is 1.83. The molecule has 0 radical (unpaired) electrons. The number of esters is 1. The smallest absolute Gasteiger partial charge is 0.307 e. The Morgan fingerprint density at radius 2 is 2.19 bits per heavy atom. The largest absolute Gasteiger partial charge is 0.466 e. The standard InChI is InChI=1S/C15H21N3O3/c1-3-21-15(20)6-7-18-14-5-4-11(2)8-12(14)13(16)9-17-10-19/h4-5,8,10,16,18H,3,6-7,9H2,1-2H3,(H,17,19). The van der Waals surface area contributed by atoms with Gasteiger partial charge in [-0.25, -0.2) is 0 Å². The van der Waals surface area contributed by atoms with E-state index in [1.54, 1.807) is 6.92 Å². The van der Waals surface area contributed by atoms with Crippen LogP contribution in [0.1, 0.15) is 24.5 Å². The molecule has 0 fully saturated rings. The molecular formula is C15H21N3O3. The Kier molecular flexibility index (Phi) is 6.94. The lowest BCUT2D eigenvalue weighted by Gasteiger charge is -2.13. The van der Waals surface area contributed by atoms with E-state index >= 15 is 0 Å². The summed E-state index contributed by atoms with van der Waals surface area (Å²) < 4.78 is 4.86. The molecule has 0 bridgehead atoms. The number of nitrogens with one attached hydrogen (secondary N) is 3. The summed E-state index contributed by atoms with van der Waals surface area (Å²) in [6, 6.07) is 5.67. The van der Waals surface area contributed by atoms with Crippen molar-refractivity contribution >= 4 is 23.8 Å². The third kappa shape index (κ3) is 5.64. The number of benzene rings is 1. The normalized spacial score (nSPS) is 9.81. The second-order valence-corrected chi connectivity index (χ2v) is 4.51. The number of carbonyl (C=O) groups is 2. The van der Waals surface area contributed by atoms with Crippen molar-refractivity contribution in [3.8, 4) is 0 Å². The van der Waals surface area contributed by atoms with E-state index in [2.05, 4.69) is 10.6 Å². The van der Waals surface area contributed by atoms with Crippen LogP contribution in [-0.4, -0.2) is 37.8 Å². The Morgan fingerprint density at radius 1 is 1.43 bits per heavy atom. The molecule has 0 aliphatic carbocycles. The van der Waals surface area contributed by atoms with Crippen molar-refractivity contribution in [3.05, 3.63) is 29.3 Å². The van der Waals surface area contributed by atoms with Crippen LogP contribution in [0.3, 0.4) is 0 Å². The van der Waals surface area contributed by atoms with Gasteiger partial charge in [-0.3, -0.25) is 9.59 Å². The summed E-state index contributed by atoms with van der Waals surface area (Å²) >= 11 is 0.